The average Bonchev–Trinajstić information content (AvgIpc) is 2.48. The highest BCUT2D eigenvalue weighted by Crippen LogP contribution is 2.12. The minimum absolute atomic E-state index is 0.139. The smallest absolute Gasteiger partial charge is 0.328 e. The zero-order valence-electron chi connectivity index (χ0n) is 12.2. The number of carbonyl (C=O) groups is 1. The number of aliphatic hydroxyl groups is 2. The second-order valence-corrected chi connectivity index (χ2v) is 3.87. The van der Waals surface area contributed by atoms with Crippen molar-refractivity contribution in [3.05, 3.63) is 35.9 Å². The Balaban J connectivity index is 0.000000486. The first-order valence-electron chi connectivity index (χ1n) is 6.70. The number of hydrogen-bond donors (Lipinski definition) is 4. The first-order chi connectivity index (χ1) is 10.1. The number of nitrogens with one attached hydrogen (secondary N) is 1. The Morgan fingerprint density at radius 3 is 2.19 bits per heavy atom. The van der Waals surface area contributed by atoms with Crippen molar-refractivity contribution in [2.45, 2.75) is 6.92 Å². The molecule has 0 amide bonds. The molecular formula is C15H23NO5. The zero-order chi connectivity index (χ0) is 15.9. The van der Waals surface area contributed by atoms with E-state index in [0.717, 1.165) is 17.4 Å². The minimum atomic E-state index is -0.945. The van der Waals surface area contributed by atoms with Gasteiger partial charge in [-0.25, -0.2) is 4.79 Å². The van der Waals surface area contributed by atoms with Crippen molar-refractivity contribution in [2.24, 2.45) is 0 Å². The van der Waals surface area contributed by atoms with E-state index in [9.17, 15) is 4.79 Å². The molecule has 0 aromatic heterocycles. The summed E-state index contributed by atoms with van der Waals surface area (Å²) in [6.45, 7) is 3.96. The van der Waals surface area contributed by atoms with Crippen molar-refractivity contribution in [1.82, 2.24) is 5.32 Å². The van der Waals surface area contributed by atoms with Gasteiger partial charge in [-0.2, -0.15) is 0 Å². The first-order valence-corrected chi connectivity index (χ1v) is 6.70. The van der Waals surface area contributed by atoms with Gasteiger partial charge in [-0.05, 0) is 30.7 Å². The van der Waals surface area contributed by atoms with E-state index in [0.29, 0.717) is 19.7 Å². The summed E-state index contributed by atoms with van der Waals surface area (Å²) in [5.41, 5.74) is 0.843. The molecule has 1 aromatic carbocycles. The summed E-state index contributed by atoms with van der Waals surface area (Å²) in [5, 5.41) is 27.5. The van der Waals surface area contributed by atoms with Crippen LogP contribution in [0.2, 0.25) is 0 Å². The van der Waals surface area contributed by atoms with Crippen molar-refractivity contribution < 1.29 is 24.9 Å². The summed E-state index contributed by atoms with van der Waals surface area (Å²) in [7, 11) is 0. The van der Waals surface area contributed by atoms with Gasteiger partial charge in [0.1, 0.15) is 5.75 Å². The third kappa shape index (κ3) is 11.6. The SMILES string of the molecule is CCOc1ccc(C=CC(=O)O)cc1.OCCNCCO. The van der Waals surface area contributed by atoms with Crippen LogP contribution in [0, 0.1) is 0 Å². The summed E-state index contributed by atoms with van der Waals surface area (Å²) in [6.07, 6.45) is 2.65. The van der Waals surface area contributed by atoms with Crippen molar-refractivity contribution in [1.29, 1.82) is 0 Å². The molecule has 0 fully saturated rings. The van der Waals surface area contributed by atoms with Gasteiger partial charge in [0.25, 0.3) is 0 Å². The van der Waals surface area contributed by atoms with Gasteiger partial charge in [-0.15, -0.1) is 0 Å². The van der Waals surface area contributed by atoms with Crippen LogP contribution in [-0.2, 0) is 4.79 Å². The molecule has 118 valence electrons. The monoisotopic (exact) mass is 297 g/mol. The molecule has 4 N–H and O–H groups in total. The molecular weight excluding hydrogens is 274 g/mol. The Labute approximate surface area is 124 Å². The number of aliphatic hydroxyl groups excluding tert-OH is 2. The normalized spacial score (nSPS) is 10.0. The van der Waals surface area contributed by atoms with Crippen LogP contribution in [-0.4, -0.2) is 54.2 Å². The van der Waals surface area contributed by atoms with Gasteiger partial charge in [0.15, 0.2) is 0 Å². The minimum Gasteiger partial charge on any atom is -0.494 e. The van der Waals surface area contributed by atoms with Crippen molar-refractivity contribution in [2.75, 3.05) is 32.9 Å². The van der Waals surface area contributed by atoms with Gasteiger partial charge in [-0.1, -0.05) is 12.1 Å². The molecule has 0 heterocycles. The predicted octanol–water partition coefficient (Wildman–Crippen LogP) is 0.744. The number of carboxylic acids is 1. The van der Waals surface area contributed by atoms with Crippen molar-refractivity contribution >= 4 is 12.0 Å². The lowest BCUT2D eigenvalue weighted by Crippen LogP contribution is -2.21. The quantitative estimate of drug-likeness (QED) is 0.417. The zero-order valence-corrected chi connectivity index (χ0v) is 12.2. The molecule has 0 aliphatic carbocycles. The van der Waals surface area contributed by atoms with E-state index in [4.69, 9.17) is 20.1 Å². The number of aliphatic carboxylic acids is 1. The molecule has 0 saturated heterocycles. The van der Waals surface area contributed by atoms with Gasteiger partial charge in [0, 0.05) is 19.2 Å². The van der Waals surface area contributed by atoms with E-state index in [2.05, 4.69) is 5.32 Å². The fraction of sp³-hybridized carbons (Fsp3) is 0.400. The molecule has 1 aromatic rings. The van der Waals surface area contributed by atoms with Crippen LogP contribution in [0.15, 0.2) is 30.3 Å². The number of hydrogen-bond acceptors (Lipinski definition) is 5. The van der Waals surface area contributed by atoms with Crippen molar-refractivity contribution in [3.8, 4) is 5.75 Å². The number of rotatable bonds is 8. The fourth-order valence-corrected chi connectivity index (χ4v) is 1.29. The van der Waals surface area contributed by atoms with E-state index in [1.54, 1.807) is 0 Å². The molecule has 0 saturated carbocycles. The van der Waals surface area contributed by atoms with Gasteiger partial charge in [0.05, 0.1) is 19.8 Å². The van der Waals surface area contributed by atoms with E-state index in [1.165, 1.54) is 6.08 Å². The highest BCUT2D eigenvalue weighted by Gasteiger charge is 1.92. The lowest BCUT2D eigenvalue weighted by Gasteiger charge is -2.01. The molecule has 6 nitrogen and oxygen atoms in total. The maximum absolute atomic E-state index is 10.2. The lowest BCUT2D eigenvalue weighted by molar-refractivity contribution is -0.131. The van der Waals surface area contributed by atoms with Crippen LogP contribution in [0.5, 0.6) is 5.75 Å². The molecule has 0 radical (unpaired) electrons. The van der Waals surface area contributed by atoms with E-state index in [-0.39, 0.29) is 13.2 Å². The summed E-state index contributed by atoms with van der Waals surface area (Å²) < 4.78 is 5.25. The predicted molar refractivity (Wildman–Crippen MR) is 81.3 cm³/mol. The number of ether oxygens (including phenoxy) is 1. The van der Waals surface area contributed by atoms with Gasteiger partial charge in [0.2, 0.25) is 0 Å². The Hall–Kier alpha value is -1.89. The van der Waals surface area contributed by atoms with Crippen molar-refractivity contribution in [3.63, 3.8) is 0 Å². The Kier molecular flexibility index (Phi) is 11.9. The third-order valence-corrected chi connectivity index (χ3v) is 2.19. The second kappa shape index (κ2) is 13.1. The molecule has 0 spiro atoms. The Bertz CT molecular complexity index is 399. The lowest BCUT2D eigenvalue weighted by atomic mass is 10.2. The fourth-order valence-electron chi connectivity index (χ4n) is 1.29. The standard InChI is InChI=1S/C11H12O3.C4H11NO2/c1-2-14-10-6-3-9(4-7-10)5-8-11(12)13;6-3-1-5-2-4-7/h3-8H,2H2,1H3,(H,12,13);5-7H,1-4H2. The summed E-state index contributed by atoms with van der Waals surface area (Å²) in [6, 6.07) is 7.24. The molecule has 0 atom stereocenters. The summed E-state index contributed by atoms with van der Waals surface area (Å²) in [5.74, 6) is -0.154. The maximum Gasteiger partial charge on any atom is 0.328 e. The molecule has 0 unspecified atom stereocenters. The third-order valence-electron chi connectivity index (χ3n) is 2.19. The number of benzene rings is 1. The van der Waals surface area contributed by atoms with Crippen LogP contribution in [0.3, 0.4) is 0 Å². The Morgan fingerprint density at radius 1 is 1.19 bits per heavy atom. The summed E-state index contributed by atoms with van der Waals surface area (Å²) >= 11 is 0. The maximum atomic E-state index is 10.2. The van der Waals surface area contributed by atoms with Gasteiger partial charge < -0.3 is 25.4 Å². The average molecular weight is 297 g/mol. The topological polar surface area (TPSA) is 99.0 Å². The molecule has 0 aliphatic heterocycles. The number of carboxylic acid groups (broad SMARTS) is 1. The second-order valence-electron chi connectivity index (χ2n) is 3.87. The van der Waals surface area contributed by atoms with Crippen LogP contribution in [0.1, 0.15) is 12.5 Å². The van der Waals surface area contributed by atoms with E-state index >= 15 is 0 Å². The molecule has 1 rings (SSSR count). The van der Waals surface area contributed by atoms with Crippen LogP contribution >= 0.6 is 0 Å². The summed E-state index contributed by atoms with van der Waals surface area (Å²) in [4.78, 5) is 10.2. The van der Waals surface area contributed by atoms with E-state index < -0.39 is 5.97 Å². The van der Waals surface area contributed by atoms with E-state index in [1.807, 2.05) is 31.2 Å². The molecule has 21 heavy (non-hydrogen) atoms. The van der Waals surface area contributed by atoms with Gasteiger partial charge in [-0.3, -0.25) is 0 Å². The van der Waals surface area contributed by atoms with Crippen LogP contribution in [0.4, 0.5) is 0 Å². The molecule has 0 aliphatic rings. The highest BCUT2D eigenvalue weighted by atomic mass is 16.5. The molecule has 6 heteroatoms. The highest BCUT2D eigenvalue weighted by molar-refractivity contribution is 5.85. The molecule has 0 bridgehead atoms. The van der Waals surface area contributed by atoms with Crippen LogP contribution in [0.25, 0.3) is 6.08 Å². The van der Waals surface area contributed by atoms with Crippen LogP contribution < -0.4 is 10.1 Å². The first kappa shape index (κ1) is 19.1. The van der Waals surface area contributed by atoms with Gasteiger partial charge >= 0.3 is 5.97 Å². The largest absolute Gasteiger partial charge is 0.494 e. The Morgan fingerprint density at radius 2 is 1.76 bits per heavy atom.